The van der Waals surface area contributed by atoms with Crippen LogP contribution in [0.3, 0.4) is 0 Å². The first-order valence-electron chi connectivity index (χ1n) is 4.92. The lowest BCUT2D eigenvalue weighted by atomic mass is 10.2. The molecule has 0 unspecified atom stereocenters. The molecule has 0 aliphatic rings. The van der Waals surface area contributed by atoms with Crippen LogP contribution in [0.25, 0.3) is 0 Å². The van der Waals surface area contributed by atoms with Gasteiger partial charge in [0.15, 0.2) is 5.13 Å². The molecule has 0 spiro atoms. The second-order valence-corrected chi connectivity index (χ2v) is 6.66. The van der Waals surface area contributed by atoms with Gasteiger partial charge in [0.1, 0.15) is 4.88 Å². The lowest BCUT2D eigenvalue weighted by Gasteiger charge is -2.21. The Hall–Kier alpha value is -0.750. The maximum absolute atomic E-state index is 11.8. The Kier molecular flexibility index (Phi) is 4.21. The number of carbonyl (C=O) groups excluding carboxylic acids is 1. The first kappa shape index (κ1) is 13.3. The van der Waals surface area contributed by atoms with Crippen molar-refractivity contribution in [2.75, 3.05) is 18.5 Å². The van der Waals surface area contributed by atoms with Gasteiger partial charge in [0.05, 0.1) is 5.69 Å². The number of hydrogen-bond donors (Lipinski definition) is 2. The highest BCUT2D eigenvalue weighted by atomic mass is 32.2. The molecule has 0 aromatic carbocycles. The quantitative estimate of drug-likeness (QED) is 0.866. The molecule has 4 nitrogen and oxygen atoms in total. The van der Waals surface area contributed by atoms with Gasteiger partial charge in [-0.1, -0.05) is 11.3 Å². The number of nitrogens with two attached hydrogens (primary N) is 1. The molecule has 0 saturated heterocycles. The van der Waals surface area contributed by atoms with E-state index in [1.165, 1.54) is 11.3 Å². The first-order chi connectivity index (χ1) is 7.35. The molecule has 90 valence electrons. The van der Waals surface area contributed by atoms with E-state index >= 15 is 0 Å². The van der Waals surface area contributed by atoms with Crippen molar-refractivity contribution in [3.05, 3.63) is 10.6 Å². The Morgan fingerprint density at radius 2 is 2.25 bits per heavy atom. The van der Waals surface area contributed by atoms with Crippen molar-refractivity contribution in [2.45, 2.75) is 25.5 Å². The number of anilines is 1. The average molecular weight is 259 g/mol. The minimum atomic E-state index is -0.0891. The summed E-state index contributed by atoms with van der Waals surface area (Å²) >= 11 is 2.95. The topological polar surface area (TPSA) is 68.0 Å². The number of nitrogens with one attached hydrogen (secondary N) is 1. The van der Waals surface area contributed by atoms with Crippen LogP contribution in [0.15, 0.2) is 0 Å². The molecule has 1 aromatic heterocycles. The van der Waals surface area contributed by atoms with Crippen LogP contribution in [0.4, 0.5) is 5.13 Å². The van der Waals surface area contributed by atoms with E-state index < -0.39 is 0 Å². The SMILES string of the molecule is CSC(C)(C)CNC(=O)c1sc(N)nc1C. The molecule has 0 radical (unpaired) electrons. The fraction of sp³-hybridized carbons (Fsp3) is 0.600. The third kappa shape index (κ3) is 3.38. The minimum absolute atomic E-state index is 0.0415. The van der Waals surface area contributed by atoms with E-state index in [1.807, 2.05) is 6.26 Å². The number of aromatic nitrogens is 1. The van der Waals surface area contributed by atoms with Crippen molar-refractivity contribution < 1.29 is 4.79 Å². The van der Waals surface area contributed by atoms with Crippen LogP contribution in [0.2, 0.25) is 0 Å². The molecule has 0 bridgehead atoms. The Bertz CT molecular complexity index is 387. The summed E-state index contributed by atoms with van der Waals surface area (Å²) in [6, 6.07) is 0. The van der Waals surface area contributed by atoms with Gasteiger partial charge < -0.3 is 11.1 Å². The third-order valence-corrected chi connectivity index (χ3v) is 4.48. The maximum Gasteiger partial charge on any atom is 0.263 e. The van der Waals surface area contributed by atoms with Crippen molar-refractivity contribution >= 4 is 34.1 Å². The Labute approximate surface area is 104 Å². The van der Waals surface area contributed by atoms with Gasteiger partial charge in [0.25, 0.3) is 5.91 Å². The van der Waals surface area contributed by atoms with E-state index in [2.05, 4.69) is 24.1 Å². The Balaban J connectivity index is 2.63. The van der Waals surface area contributed by atoms with Crippen molar-refractivity contribution in [3.8, 4) is 0 Å². The highest BCUT2D eigenvalue weighted by molar-refractivity contribution is 7.99. The van der Waals surface area contributed by atoms with E-state index in [9.17, 15) is 4.79 Å². The first-order valence-corrected chi connectivity index (χ1v) is 6.96. The summed E-state index contributed by atoms with van der Waals surface area (Å²) in [5.41, 5.74) is 6.24. The highest BCUT2D eigenvalue weighted by Gasteiger charge is 2.19. The summed E-state index contributed by atoms with van der Waals surface area (Å²) in [5, 5.41) is 3.34. The average Bonchev–Trinajstić information content (AvgIpc) is 2.54. The molecule has 0 atom stereocenters. The number of thioether (sulfide) groups is 1. The smallest absolute Gasteiger partial charge is 0.263 e. The number of hydrogen-bond acceptors (Lipinski definition) is 5. The van der Waals surface area contributed by atoms with Crippen LogP contribution < -0.4 is 11.1 Å². The van der Waals surface area contributed by atoms with Crippen LogP contribution in [0.1, 0.15) is 29.2 Å². The van der Waals surface area contributed by atoms with Crippen molar-refractivity contribution in [1.29, 1.82) is 0 Å². The molecule has 1 rings (SSSR count). The van der Waals surface area contributed by atoms with E-state index in [4.69, 9.17) is 5.73 Å². The second-order valence-electron chi connectivity index (χ2n) is 4.11. The number of rotatable bonds is 4. The highest BCUT2D eigenvalue weighted by Crippen LogP contribution is 2.22. The standard InChI is InChI=1S/C10H17N3OS2/c1-6-7(16-9(11)13-6)8(14)12-5-10(2,3)15-4/h5H2,1-4H3,(H2,11,13)(H,12,14). The van der Waals surface area contributed by atoms with Gasteiger partial charge in [0.2, 0.25) is 0 Å². The van der Waals surface area contributed by atoms with Crippen LogP contribution in [-0.4, -0.2) is 28.4 Å². The van der Waals surface area contributed by atoms with E-state index in [-0.39, 0.29) is 10.7 Å². The predicted molar refractivity (Wildman–Crippen MR) is 71.2 cm³/mol. The summed E-state index contributed by atoms with van der Waals surface area (Å²) in [6.07, 6.45) is 2.03. The molecule has 0 aliphatic heterocycles. The van der Waals surface area contributed by atoms with Crippen LogP contribution in [-0.2, 0) is 0 Å². The molecule has 1 amide bonds. The zero-order valence-electron chi connectivity index (χ0n) is 9.96. The molecule has 3 N–H and O–H groups in total. The summed E-state index contributed by atoms with van der Waals surface area (Å²) in [4.78, 5) is 16.5. The summed E-state index contributed by atoms with van der Waals surface area (Å²) in [7, 11) is 0. The number of amides is 1. The number of nitrogen functional groups attached to an aromatic ring is 1. The van der Waals surface area contributed by atoms with Crippen LogP contribution in [0.5, 0.6) is 0 Å². The van der Waals surface area contributed by atoms with Gasteiger partial charge in [0, 0.05) is 11.3 Å². The number of thiazole rings is 1. The molecule has 1 aromatic rings. The molecule has 0 saturated carbocycles. The second kappa shape index (κ2) is 5.05. The third-order valence-electron chi connectivity index (χ3n) is 2.25. The fourth-order valence-corrected chi connectivity index (χ4v) is 2.04. The van der Waals surface area contributed by atoms with Gasteiger partial charge in [-0.25, -0.2) is 4.98 Å². The lowest BCUT2D eigenvalue weighted by Crippen LogP contribution is -2.35. The maximum atomic E-state index is 11.8. The van der Waals surface area contributed by atoms with Gasteiger partial charge in [-0.15, -0.1) is 0 Å². The monoisotopic (exact) mass is 259 g/mol. The van der Waals surface area contributed by atoms with Gasteiger partial charge >= 0.3 is 0 Å². The molecule has 0 fully saturated rings. The predicted octanol–water partition coefficient (Wildman–Crippen LogP) is 1.91. The molecule has 16 heavy (non-hydrogen) atoms. The zero-order chi connectivity index (χ0) is 12.3. The zero-order valence-corrected chi connectivity index (χ0v) is 11.6. The fourth-order valence-electron chi connectivity index (χ4n) is 1.07. The number of nitrogens with zero attached hydrogens (tertiary/aromatic N) is 1. The van der Waals surface area contributed by atoms with Gasteiger partial charge in [-0.05, 0) is 27.0 Å². The lowest BCUT2D eigenvalue weighted by molar-refractivity contribution is 0.0954. The normalized spacial score (nSPS) is 11.5. The summed E-state index contributed by atoms with van der Waals surface area (Å²) in [6.45, 7) is 6.60. The van der Waals surface area contributed by atoms with Crippen LogP contribution in [0, 0.1) is 6.92 Å². The molecule has 0 aliphatic carbocycles. The van der Waals surface area contributed by atoms with E-state index in [1.54, 1.807) is 18.7 Å². The van der Waals surface area contributed by atoms with Crippen molar-refractivity contribution in [3.63, 3.8) is 0 Å². The van der Waals surface area contributed by atoms with E-state index in [0.29, 0.717) is 22.2 Å². The van der Waals surface area contributed by atoms with Crippen LogP contribution >= 0.6 is 23.1 Å². The molecular weight excluding hydrogens is 242 g/mol. The molecule has 6 heteroatoms. The Morgan fingerprint density at radius 3 is 2.69 bits per heavy atom. The largest absolute Gasteiger partial charge is 0.375 e. The molecule has 1 heterocycles. The van der Waals surface area contributed by atoms with Gasteiger partial charge in [-0.3, -0.25) is 4.79 Å². The summed E-state index contributed by atoms with van der Waals surface area (Å²) < 4.78 is 0.0415. The Morgan fingerprint density at radius 1 is 1.62 bits per heavy atom. The van der Waals surface area contributed by atoms with Crippen molar-refractivity contribution in [1.82, 2.24) is 10.3 Å². The summed E-state index contributed by atoms with van der Waals surface area (Å²) in [5.74, 6) is -0.0891. The number of carbonyl (C=O) groups is 1. The molecular formula is C10H17N3OS2. The van der Waals surface area contributed by atoms with E-state index in [0.717, 1.165) is 0 Å². The minimum Gasteiger partial charge on any atom is -0.375 e. The van der Waals surface area contributed by atoms with Crippen molar-refractivity contribution in [2.24, 2.45) is 0 Å². The number of aryl methyl sites for hydroxylation is 1. The van der Waals surface area contributed by atoms with Gasteiger partial charge in [-0.2, -0.15) is 11.8 Å².